The summed E-state index contributed by atoms with van der Waals surface area (Å²) in [6, 6.07) is 0. The Bertz CT molecular complexity index is 949. The van der Waals surface area contributed by atoms with E-state index < -0.39 is 0 Å². The van der Waals surface area contributed by atoms with Crippen LogP contribution in [0.25, 0.3) is 11.4 Å². The number of carbonyl (C=O) groups is 1. The first-order valence-electron chi connectivity index (χ1n) is 9.21. The van der Waals surface area contributed by atoms with E-state index in [2.05, 4.69) is 15.0 Å². The molecular formula is C19H22N6O3. The fraction of sp³-hybridized carbons (Fsp3) is 0.421. The lowest BCUT2D eigenvalue weighted by atomic mass is 10.0. The Morgan fingerprint density at radius 3 is 2.89 bits per heavy atom. The highest BCUT2D eigenvalue weighted by Crippen LogP contribution is 2.30. The predicted molar refractivity (Wildman–Crippen MR) is 99.4 cm³/mol. The van der Waals surface area contributed by atoms with Crippen LogP contribution in [0.2, 0.25) is 0 Å². The van der Waals surface area contributed by atoms with Crippen molar-refractivity contribution in [1.82, 2.24) is 29.6 Å². The largest absolute Gasteiger partial charge is 0.451 e. The Morgan fingerprint density at radius 1 is 1.29 bits per heavy atom. The Balaban J connectivity index is 1.62. The maximum absolute atomic E-state index is 12.9. The number of fused-ring (bicyclic) bond motifs is 1. The zero-order valence-electron chi connectivity index (χ0n) is 16.0. The lowest BCUT2D eigenvalue weighted by molar-refractivity contribution is 0.0727. The van der Waals surface area contributed by atoms with Gasteiger partial charge < -0.3 is 14.1 Å². The van der Waals surface area contributed by atoms with Crippen molar-refractivity contribution < 1.29 is 13.9 Å². The molecule has 0 saturated heterocycles. The molecule has 0 atom stereocenters. The molecule has 0 fully saturated rings. The summed E-state index contributed by atoms with van der Waals surface area (Å²) >= 11 is 0. The van der Waals surface area contributed by atoms with Gasteiger partial charge in [-0.15, -0.1) is 0 Å². The molecule has 9 nitrogen and oxygen atoms in total. The van der Waals surface area contributed by atoms with Gasteiger partial charge in [-0.05, 0) is 13.3 Å². The van der Waals surface area contributed by atoms with Crippen molar-refractivity contribution in [1.29, 1.82) is 0 Å². The van der Waals surface area contributed by atoms with E-state index in [1.165, 1.54) is 12.6 Å². The molecule has 4 rings (SSSR count). The average Bonchev–Trinajstić information content (AvgIpc) is 3.36. The standard InChI is InChI=1S/C19H22N6O3/c1-13-8-21-15(9-20-13)19(26)24-6-4-17-14(10-24)18(16-11-28-12-22-16)23-25(17)5-3-7-27-2/h8-9,11-12H,3-7,10H2,1-2H3. The highest BCUT2D eigenvalue weighted by Gasteiger charge is 2.29. The number of methoxy groups -OCH3 is 1. The van der Waals surface area contributed by atoms with E-state index in [-0.39, 0.29) is 5.91 Å². The second-order valence-electron chi connectivity index (χ2n) is 6.74. The Kier molecular flexibility index (Phi) is 5.16. The summed E-state index contributed by atoms with van der Waals surface area (Å²) < 4.78 is 12.3. The number of aromatic nitrogens is 5. The minimum absolute atomic E-state index is 0.128. The molecule has 0 bridgehead atoms. The lowest BCUT2D eigenvalue weighted by Crippen LogP contribution is -2.37. The maximum Gasteiger partial charge on any atom is 0.274 e. The van der Waals surface area contributed by atoms with Crippen LogP contribution in [0, 0.1) is 6.92 Å². The van der Waals surface area contributed by atoms with Crippen molar-refractivity contribution in [2.45, 2.75) is 32.9 Å². The van der Waals surface area contributed by atoms with Gasteiger partial charge in [0.05, 0.1) is 18.4 Å². The molecule has 0 aliphatic carbocycles. The summed E-state index contributed by atoms with van der Waals surface area (Å²) in [6.45, 7) is 4.33. The summed E-state index contributed by atoms with van der Waals surface area (Å²) in [6.07, 6.45) is 7.69. The third-order valence-corrected chi connectivity index (χ3v) is 4.81. The average molecular weight is 382 g/mol. The molecule has 0 saturated carbocycles. The monoisotopic (exact) mass is 382 g/mol. The highest BCUT2D eigenvalue weighted by molar-refractivity contribution is 5.92. The molecule has 4 heterocycles. The maximum atomic E-state index is 12.9. The third-order valence-electron chi connectivity index (χ3n) is 4.81. The van der Waals surface area contributed by atoms with Crippen molar-refractivity contribution in [3.8, 4) is 11.4 Å². The molecule has 0 aromatic carbocycles. The molecule has 0 unspecified atom stereocenters. The van der Waals surface area contributed by atoms with Crippen LogP contribution in [0.3, 0.4) is 0 Å². The van der Waals surface area contributed by atoms with Gasteiger partial charge in [0.1, 0.15) is 23.3 Å². The summed E-state index contributed by atoms with van der Waals surface area (Å²) in [7, 11) is 1.69. The van der Waals surface area contributed by atoms with Crippen LogP contribution >= 0.6 is 0 Å². The van der Waals surface area contributed by atoms with Gasteiger partial charge in [0.2, 0.25) is 0 Å². The van der Waals surface area contributed by atoms with Crippen molar-refractivity contribution >= 4 is 5.91 Å². The number of amides is 1. The number of carbonyl (C=O) groups excluding carboxylic acids is 1. The van der Waals surface area contributed by atoms with Gasteiger partial charge in [0.15, 0.2) is 6.39 Å². The zero-order chi connectivity index (χ0) is 19.5. The summed E-state index contributed by atoms with van der Waals surface area (Å²) in [5.41, 5.74) is 4.70. The molecule has 28 heavy (non-hydrogen) atoms. The number of oxazole rings is 1. The molecule has 0 radical (unpaired) electrons. The van der Waals surface area contributed by atoms with Gasteiger partial charge >= 0.3 is 0 Å². The van der Waals surface area contributed by atoms with Crippen LogP contribution in [0.4, 0.5) is 0 Å². The van der Waals surface area contributed by atoms with Gasteiger partial charge in [0.25, 0.3) is 5.91 Å². The SMILES string of the molecule is COCCCn1nc(-c2cocn2)c2c1CCN(C(=O)c1cnc(C)cn1)C2. The number of rotatable bonds is 6. The number of aryl methyl sites for hydroxylation is 2. The predicted octanol–water partition coefficient (Wildman–Crippen LogP) is 1.87. The van der Waals surface area contributed by atoms with Crippen LogP contribution in [0.15, 0.2) is 29.5 Å². The molecular weight excluding hydrogens is 360 g/mol. The van der Waals surface area contributed by atoms with Crippen molar-refractivity contribution in [3.63, 3.8) is 0 Å². The van der Waals surface area contributed by atoms with Crippen LogP contribution in [-0.4, -0.2) is 55.8 Å². The first-order valence-corrected chi connectivity index (χ1v) is 9.21. The van der Waals surface area contributed by atoms with E-state index in [1.807, 2.05) is 11.6 Å². The number of hydrogen-bond acceptors (Lipinski definition) is 7. The summed E-state index contributed by atoms with van der Waals surface area (Å²) in [4.78, 5) is 27.3. The minimum Gasteiger partial charge on any atom is -0.451 e. The Labute approximate surface area is 162 Å². The molecule has 1 aliphatic rings. The minimum atomic E-state index is -0.128. The van der Waals surface area contributed by atoms with Gasteiger partial charge in [-0.2, -0.15) is 5.10 Å². The second kappa shape index (κ2) is 7.89. The molecule has 9 heteroatoms. The fourth-order valence-electron chi connectivity index (χ4n) is 3.41. The number of hydrogen-bond donors (Lipinski definition) is 0. The van der Waals surface area contributed by atoms with E-state index in [1.54, 1.807) is 24.5 Å². The van der Waals surface area contributed by atoms with E-state index in [9.17, 15) is 4.79 Å². The smallest absolute Gasteiger partial charge is 0.274 e. The van der Waals surface area contributed by atoms with E-state index >= 15 is 0 Å². The van der Waals surface area contributed by atoms with Crippen molar-refractivity contribution in [3.05, 3.63) is 47.7 Å². The van der Waals surface area contributed by atoms with E-state index in [0.717, 1.165) is 42.0 Å². The van der Waals surface area contributed by atoms with Gasteiger partial charge in [-0.3, -0.25) is 14.5 Å². The van der Waals surface area contributed by atoms with Crippen LogP contribution in [0.5, 0.6) is 0 Å². The fourth-order valence-corrected chi connectivity index (χ4v) is 3.41. The molecule has 146 valence electrons. The topological polar surface area (TPSA) is 99.2 Å². The molecule has 0 spiro atoms. The van der Waals surface area contributed by atoms with Crippen molar-refractivity contribution in [2.24, 2.45) is 0 Å². The molecule has 3 aromatic rings. The summed E-state index contributed by atoms with van der Waals surface area (Å²) in [5, 5.41) is 4.76. The molecule has 1 aliphatic heterocycles. The Morgan fingerprint density at radius 2 is 2.18 bits per heavy atom. The first kappa shape index (κ1) is 18.3. The van der Waals surface area contributed by atoms with Gasteiger partial charge in [-0.25, -0.2) is 9.97 Å². The van der Waals surface area contributed by atoms with Crippen LogP contribution < -0.4 is 0 Å². The summed E-state index contributed by atoms with van der Waals surface area (Å²) in [5.74, 6) is -0.128. The number of ether oxygens (including phenoxy) is 1. The number of nitrogens with zero attached hydrogens (tertiary/aromatic N) is 6. The zero-order valence-corrected chi connectivity index (χ0v) is 16.0. The third kappa shape index (κ3) is 3.53. The quantitative estimate of drug-likeness (QED) is 0.600. The Hall–Kier alpha value is -3.07. The van der Waals surface area contributed by atoms with Gasteiger partial charge in [-0.1, -0.05) is 0 Å². The van der Waals surface area contributed by atoms with E-state index in [0.29, 0.717) is 31.1 Å². The highest BCUT2D eigenvalue weighted by atomic mass is 16.5. The van der Waals surface area contributed by atoms with Crippen LogP contribution in [0.1, 0.15) is 33.9 Å². The van der Waals surface area contributed by atoms with E-state index in [4.69, 9.17) is 14.3 Å². The normalized spacial score (nSPS) is 13.6. The van der Waals surface area contributed by atoms with Crippen molar-refractivity contribution in [2.75, 3.05) is 20.3 Å². The lowest BCUT2D eigenvalue weighted by Gasteiger charge is -2.27. The second-order valence-corrected chi connectivity index (χ2v) is 6.74. The molecule has 0 N–H and O–H groups in total. The first-order chi connectivity index (χ1) is 13.7. The molecule has 3 aromatic heterocycles. The van der Waals surface area contributed by atoms with Gasteiger partial charge in [0, 0.05) is 50.7 Å². The molecule has 1 amide bonds. The van der Waals surface area contributed by atoms with Crippen LogP contribution in [-0.2, 0) is 24.2 Å².